The average molecular weight is 763 g/mol. The Morgan fingerprint density at radius 2 is 1.56 bits per heavy atom. The van der Waals surface area contributed by atoms with Crippen molar-refractivity contribution in [2.45, 2.75) is 37.5 Å². The summed E-state index contributed by atoms with van der Waals surface area (Å²) >= 11 is 1.05. The van der Waals surface area contributed by atoms with Crippen LogP contribution in [0.15, 0.2) is 109 Å². The number of hydrogen-bond donors (Lipinski definition) is 4. The molecule has 2 aromatic heterocycles. The first-order valence-electron chi connectivity index (χ1n) is 18.3. The van der Waals surface area contributed by atoms with Gasteiger partial charge in [0.05, 0.1) is 24.5 Å². The van der Waals surface area contributed by atoms with Gasteiger partial charge in [0.15, 0.2) is 11.5 Å². The summed E-state index contributed by atoms with van der Waals surface area (Å²) in [4.78, 5) is 30.6. The van der Waals surface area contributed by atoms with Gasteiger partial charge in [-0.3, -0.25) is 19.9 Å². The van der Waals surface area contributed by atoms with Crippen LogP contribution in [0.1, 0.15) is 23.7 Å². The van der Waals surface area contributed by atoms with Crippen LogP contribution in [0.5, 0.6) is 23.0 Å². The van der Waals surface area contributed by atoms with Gasteiger partial charge in [0, 0.05) is 47.7 Å². The van der Waals surface area contributed by atoms with Gasteiger partial charge in [0.2, 0.25) is 5.91 Å². The number of aromatic amines is 1. The van der Waals surface area contributed by atoms with Gasteiger partial charge >= 0.3 is 0 Å². The molecule has 286 valence electrons. The SMILES string of the molecule is CCc1ccc(CCOc2ccc(CC3SC(=O)NC3=O)cc2)nc1.COc1ccccc1OCCNCC(O)COc1cccc2[nH]c3ccccc3c12. The molecule has 7 rings (SSSR count). The lowest BCUT2D eigenvalue weighted by Gasteiger charge is -2.15. The second-order valence-corrected chi connectivity index (χ2v) is 14.0. The van der Waals surface area contributed by atoms with Crippen molar-refractivity contribution in [2.24, 2.45) is 0 Å². The van der Waals surface area contributed by atoms with Gasteiger partial charge in [-0.2, -0.15) is 0 Å². The molecule has 4 N–H and O–H groups in total. The Morgan fingerprint density at radius 1 is 0.818 bits per heavy atom. The van der Waals surface area contributed by atoms with E-state index in [1.54, 1.807) is 7.11 Å². The molecule has 0 spiro atoms. The van der Waals surface area contributed by atoms with Crippen molar-refractivity contribution in [3.05, 3.63) is 126 Å². The summed E-state index contributed by atoms with van der Waals surface area (Å²) in [6.45, 7) is 4.38. The van der Waals surface area contributed by atoms with Crippen LogP contribution in [-0.2, 0) is 24.1 Å². The minimum Gasteiger partial charge on any atom is -0.493 e. The van der Waals surface area contributed by atoms with Crippen LogP contribution < -0.4 is 29.6 Å². The zero-order chi connectivity index (χ0) is 38.4. The molecule has 2 atom stereocenters. The molecule has 0 radical (unpaired) electrons. The van der Waals surface area contributed by atoms with E-state index in [-0.39, 0.29) is 23.0 Å². The topological polar surface area (TPSA) is 144 Å². The number of amides is 2. The van der Waals surface area contributed by atoms with Crippen LogP contribution in [0.4, 0.5) is 4.79 Å². The maximum atomic E-state index is 11.6. The molecule has 12 heteroatoms. The number of aliphatic hydroxyl groups is 1. The number of hydrogen-bond acceptors (Lipinski definition) is 10. The summed E-state index contributed by atoms with van der Waals surface area (Å²) in [5.41, 5.74) is 5.35. The molecule has 1 aliphatic rings. The monoisotopic (exact) mass is 762 g/mol. The number of benzene rings is 4. The van der Waals surface area contributed by atoms with Gasteiger partial charge in [-0.15, -0.1) is 0 Å². The minimum atomic E-state index is -0.628. The van der Waals surface area contributed by atoms with E-state index in [4.69, 9.17) is 18.9 Å². The van der Waals surface area contributed by atoms with Crippen LogP contribution in [0, 0.1) is 0 Å². The number of aromatic nitrogens is 2. The number of thioether (sulfide) groups is 1. The zero-order valence-corrected chi connectivity index (χ0v) is 31.8. The maximum absolute atomic E-state index is 11.6. The summed E-state index contributed by atoms with van der Waals surface area (Å²) in [5, 5.41) is 17.3. The molecule has 6 aromatic rings. The minimum absolute atomic E-state index is 0.207. The van der Waals surface area contributed by atoms with E-state index in [1.807, 2.05) is 97.2 Å². The third kappa shape index (κ3) is 11.0. The van der Waals surface area contributed by atoms with E-state index in [0.29, 0.717) is 44.2 Å². The molecule has 1 fully saturated rings. The molecule has 3 heterocycles. The van der Waals surface area contributed by atoms with E-state index in [1.165, 1.54) is 5.56 Å². The molecule has 11 nitrogen and oxygen atoms in total. The second kappa shape index (κ2) is 19.7. The summed E-state index contributed by atoms with van der Waals surface area (Å²) < 4.78 is 22.7. The predicted octanol–water partition coefficient (Wildman–Crippen LogP) is 6.90. The van der Waals surface area contributed by atoms with Crippen LogP contribution >= 0.6 is 11.8 Å². The number of pyridine rings is 1. The standard InChI is InChI=1S/C24H26N2O4.C19H20N2O3S/c1-28-21-10-4-5-11-22(21)29-14-13-25-15-17(27)16-30-23-12-6-9-20-24(23)18-7-2-3-8-19(18)26-20;1-2-13-3-6-15(20-12-13)9-10-24-16-7-4-14(5-8-16)11-17-18(22)21-19(23)25-17/h2-12,17,25-27H,13-16H2,1H3;3-8,12,17H,2,9-11H2,1H3,(H,21,22,23). The summed E-state index contributed by atoms with van der Waals surface area (Å²) in [6, 6.07) is 33.4. The van der Waals surface area contributed by atoms with Crippen molar-refractivity contribution in [1.29, 1.82) is 0 Å². The van der Waals surface area contributed by atoms with Gasteiger partial charge in [0.25, 0.3) is 5.24 Å². The third-order valence-corrected chi connectivity index (χ3v) is 9.92. The lowest BCUT2D eigenvalue weighted by Crippen LogP contribution is -2.33. The number of ether oxygens (including phenoxy) is 4. The van der Waals surface area contributed by atoms with E-state index in [0.717, 1.165) is 69.2 Å². The van der Waals surface area contributed by atoms with Crippen molar-refractivity contribution in [3.8, 4) is 23.0 Å². The van der Waals surface area contributed by atoms with Crippen LogP contribution in [0.3, 0.4) is 0 Å². The number of carbonyl (C=O) groups is 2. The molecule has 55 heavy (non-hydrogen) atoms. The third-order valence-electron chi connectivity index (χ3n) is 8.94. The highest BCUT2D eigenvalue weighted by Crippen LogP contribution is 2.33. The second-order valence-electron chi connectivity index (χ2n) is 12.9. The maximum Gasteiger partial charge on any atom is 0.286 e. The number of rotatable bonds is 17. The lowest BCUT2D eigenvalue weighted by molar-refractivity contribution is -0.118. The molecule has 0 bridgehead atoms. The van der Waals surface area contributed by atoms with Crippen LogP contribution in [-0.4, -0.2) is 77.6 Å². The summed E-state index contributed by atoms with van der Waals surface area (Å²) in [6.07, 6.45) is 3.57. The zero-order valence-electron chi connectivity index (χ0n) is 31.0. The quantitative estimate of drug-likeness (QED) is 0.0725. The fourth-order valence-corrected chi connectivity index (χ4v) is 6.88. The number of aryl methyl sites for hydroxylation is 1. The number of nitrogens with zero attached hydrogens (tertiary/aromatic N) is 1. The number of carbonyl (C=O) groups excluding carboxylic acids is 2. The van der Waals surface area contributed by atoms with Crippen molar-refractivity contribution in [1.82, 2.24) is 20.6 Å². The normalized spacial score (nSPS) is 14.3. The molecule has 0 saturated carbocycles. The highest BCUT2D eigenvalue weighted by atomic mass is 32.2. The summed E-state index contributed by atoms with van der Waals surface area (Å²) in [7, 11) is 1.62. The Labute approximate surface area is 324 Å². The van der Waals surface area contributed by atoms with Gasteiger partial charge in [0.1, 0.15) is 30.8 Å². The Balaban J connectivity index is 0.000000190. The Kier molecular flexibility index (Phi) is 14.0. The largest absolute Gasteiger partial charge is 0.493 e. The fraction of sp³-hybridized carbons (Fsp3) is 0.279. The number of nitrogens with one attached hydrogen (secondary N) is 3. The van der Waals surface area contributed by atoms with Gasteiger partial charge in [-0.1, -0.05) is 73.3 Å². The number of H-pyrrole nitrogens is 1. The van der Waals surface area contributed by atoms with E-state index in [9.17, 15) is 14.7 Å². The Hall–Kier alpha value is -5.56. The smallest absolute Gasteiger partial charge is 0.286 e. The molecular weight excluding hydrogens is 717 g/mol. The van der Waals surface area contributed by atoms with E-state index >= 15 is 0 Å². The molecular formula is C43H46N4O7S. The van der Waals surface area contributed by atoms with Crippen molar-refractivity contribution >= 4 is 44.7 Å². The predicted molar refractivity (Wildman–Crippen MR) is 217 cm³/mol. The van der Waals surface area contributed by atoms with Crippen LogP contribution in [0.25, 0.3) is 21.8 Å². The van der Waals surface area contributed by atoms with Gasteiger partial charge < -0.3 is 34.4 Å². The molecule has 4 aromatic carbocycles. The van der Waals surface area contributed by atoms with Gasteiger partial charge in [-0.05, 0) is 72.5 Å². The number of methoxy groups -OCH3 is 1. The van der Waals surface area contributed by atoms with E-state index in [2.05, 4.69) is 39.7 Å². The first kappa shape index (κ1) is 39.1. The molecule has 2 amide bonds. The molecule has 1 saturated heterocycles. The first-order valence-corrected chi connectivity index (χ1v) is 19.2. The van der Waals surface area contributed by atoms with Crippen molar-refractivity contribution in [3.63, 3.8) is 0 Å². The molecule has 0 aliphatic carbocycles. The number of aliphatic hydroxyl groups excluding tert-OH is 1. The number of imide groups is 1. The Bertz CT molecular complexity index is 2160. The highest BCUT2D eigenvalue weighted by Gasteiger charge is 2.31. The number of fused-ring (bicyclic) bond motifs is 3. The highest BCUT2D eigenvalue weighted by molar-refractivity contribution is 8.15. The summed E-state index contributed by atoms with van der Waals surface area (Å²) in [5.74, 6) is 2.75. The van der Waals surface area contributed by atoms with Crippen LogP contribution in [0.2, 0.25) is 0 Å². The average Bonchev–Trinajstić information content (AvgIpc) is 3.76. The molecule has 2 unspecified atom stereocenters. The molecule has 1 aliphatic heterocycles. The van der Waals surface area contributed by atoms with E-state index < -0.39 is 6.10 Å². The fourth-order valence-electron chi connectivity index (χ4n) is 6.02. The first-order chi connectivity index (χ1) is 26.9. The number of para-hydroxylation sites is 3. The lowest BCUT2D eigenvalue weighted by atomic mass is 10.1. The van der Waals surface area contributed by atoms with Crippen molar-refractivity contribution in [2.75, 3.05) is 40.0 Å². The Morgan fingerprint density at radius 3 is 2.31 bits per heavy atom. The van der Waals surface area contributed by atoms with Crippen molar-refractivity contribution < 1.29 is 33.6 Å². The van der Waals surface area contributed by atoms with Gasteiger partial charge in [-0.25, -0.2) is 0 Å².